The lowest BCUT2D eigenvalue weighted by atomic mass is 10.2. The van der Waals surface area contributed by atoms with E-state index in [0.29, 0.717) is 37.6 Å². The molecule has 3 rings (SSSR count). The number of carbonyl (C=O) groups excluding carboxylic acids is 1. The molecule has 10 nitrogen and oxygen atoms in total. The van der Waals surface area contributed by atoms with Gasteiger partial charge in [-0.2, -0.15) is 4.98 Å². The number of urea groups is 1. The number of hydrogen-bond acceptors (Lipinski definition) is 6. The average molecular weight is 416 g/mol. The molecule has 0 aliphatic heterocycles. The summed E-state index contributed by atoms with van der Waals surface area (Å²) in [6, 6.07) is 7.89. The number of nitrogens with zero attached hydrogens (tertiary/aromatic N) is 5. The van der Waals surface area contributed by atoms with Crippen LogP contribution in [0.2, 0.25) is 0 Å². The molecule has 0 spiro atoms. The Morgan fingerprint density at radius 1 is 1.30 bits per heavy atom. The summed E-state index contributed by atoms with van der Waals surface area (Å²) < 4.78 is 7.24. The van der Waals surface area contributed by atoms with Crippen LogP contribution in [0, 0.1) is 0 Å². The molecule has 0 saturated carbocycles. The smallest absolute Gasteiger partial charge is 0.317 e. The van der Waals surface area contributed by atoms with Crippen LogP contribution in [-0.2, 0) is 24.7 Å². The molecule has 30 heavy (non-hydrogen) atoms. The molecule has 0 atom stereocenters. The van der Waals surface area contributed by atoms with Crippen LogP contribution in [0.3, 0.4) is 0 Å². The van der Waals surface area contributed by atoms with E-state index in [1.165, 1.54) is 0 Å². The van der Waals surface area contributed by atoms with Gasteiger partial charge in [0.1, 0.15) is 5.82 Å². The maximum atomic E-state index is 12.2. The van der Waals surface area contributed by atoms with Crippen molar-refractivity contribution in [3.8, 4) is 0 Å². The lowest BCUT2D eigenvalue weighted by Gasteiger charge is -2.17. The fourth-order valence-corrected chi connectivity index (χ4v) is 2.81. The molecule has 0 aliphatic rings. The molecular weight excluding hydrogens is 388 g/mol. The van der Waals surface area contributed by atoms with Crippen molar-refractivity contribution in [3.63, 3.8) is 0 Å². The topological polar surface area (TPSA) is 126 Å². The molecule has 0 saturated heterocycles. The summed E-state index contributed by atoms with van der Waals surface area (Å²) in [6.45, 7) is 4.80. The molecule has 0 fully saturated rings. The number of imidazole rings is 1. The molecule has 162 valence electrons. The minimum atomic E-state index is -0.250. The monoisotopic (exact) mass is 416 g/mol. The van der Waals surface area contributed by atoms with Crippen LogP contribution in [0.5, 0.6) is 0 Å². The van der Waals surface area contributed by atoms with Crippen molar-refractivity contribution in [2.45, 2.75) is 32.6 Å². The number of hydrogen-bond donors (Lipinski definition) is 2. The van der Waals surface area contributed by atoms with Crippen LogP contribution < -0.4 is 5.32 Å². The van der Waals surface area contributed by atoms with E-state index in [1.807, 2.05) is 45.2 Å². The second-order valence-corrected chi connectivity index (χ2v) is 7.04. The Bertz CT molecular complexity index is 965. The van der Waals surface area contributed by atoms with E-state index in [9.17, 15) is 4.79 Å². The first kappa shape index (κ1) is 22.9. The molecule has 0 aliphatic carbocycles. The maximum absolute atomic E-state index is 12.2. The van der Waals surface area contributed by atoms with E-state index in [4.69, 9.17) is 14.4 Å². The number of nitrogens with one attached hydrogen (secondary N) is 1. The normalized spacial score (nSPS) is 10.6. The predicted molar refractivity (Wildman–Crippen MR) is 111 cm³/mol. The summed E-state index contributed by atoms with van der Waals surface area (Å²) in [7, 11) is 3.75. The molecule has 0 bridgehead atoms. The van der Waals surface area contributed by atoms with Crippen molar-refractivity contribution < 1.29 is 19.2 Å². The SMILES string of the molecule is CC(C)c1nc(CCN(C)C(=O)NCCc2nc3ccccc3n2C)no1.O=CO. The Kier molecular flexibility index (Phi) is 8.33. The van der Waals surface area contributed by atoms with Crippen molar-refractivity contribution in [3.05, 3.63) is 41.8 Å². The van der Waals surface area contributed by atoms with Gasteiger partial charge in [-0.25, -0.2) is 9.78 Å². The van der Waals surface area contributed by atoms with Gasteiger partial charge >= 0.3 is 6.03 Å². The first-order valence-electron chi connectivity index (χ1n) is 9.67. The molecule has 2 N–H and O–H groups in total. The van der Waals surface area contributed by atoms with Crippen LogP contribution in [0.1, 0.15) is 37.3 Å². The average Bonchev–Trinajstić information content (AvgIpc) is 3.32. The lowest BCUT2D eigenvalue weighted by Crippen LogP contribution is -2.39. The number of likely N-dealkylation sites (N-methyl/N-ethyl adjacent to an activating group) is 1. The number of rotatable bonds is 7. The zero-order valence-electron chi connectivity index (χ0n) is 17.7. The number of amides is 2. The van der Waals surface area contributed by atoms with Gasteiger partial charge in [0.25, 0.3) is 6.47 Å². The summed E-state index contributed by atoms with van der Waals surface area (Å²) in [6.07, 6.45) is 1.23. The lowest BCUT2D eigenvalue weighted by molar-refractivity contribution is -0.122. The highest BCUT2D eigenvalue weighted by molar-refractivity contribution is 5.76. The van der Waals surface area contributed by atoms with Gasteiger partial charge in [0.15, 0.2) is 5.82 Å². The summed E-state index contributed by atoms with van der Waals surface area (Å²) in [5, 5.41) is 13.8. The third kappa shape index (κ3) is 6.03. The molecule has 0 unspecified atom stereocenters. The summed E-state index contributed by atoms with van der Waals surface area (Å²) in [4.78, 5) is 31.2. The maximum Gasteiger partial charge on any atom is 0.317 e. The van der Waals surface area contributed by atoms with Crippen LogP contribution in [0.15, 0.2) is 28.8 Å². The number of fused-ring (bicyclic) bond motifs is 1. The Hall–Kier alpha value is -3.43. The van der Waals surface area contributed by atoms with Gasteiger partial charge in [0.05, 0.1) is 11.0 Å². The molecule has 2 aromatic heterocycles. The largest absolute Gasteiger partial charge is 0.483 e. The number of aromatic nitrogens is 4. The van der Waals surface area contributed by atoms with Crippen molar-refractivity contribution in [2.24, 2.45) is 7.05 Å². The standard InChI is InChI=1S/C19H26N6O2.CH2O2/c1-13(2)18-22-16(23-27-18)10-12-24(3)19(26)20-11-9-17-21-14-7-5-6-8-15(14)25(17)4;2-1-3/h5-8,13H,9-12H2,1-4H3,(H,20,26);1H,(H,2,3). The van der Waals surface area contributed by atoms with E-state index in [0.717, 1.165) is 16.9 Å². The number of carboxylic acid groups (broad SMARTS) is 1. The molecule has 3 aromatic rings. The van der Waals surface area contributed by atoms with Crippen LogP contribution in [0.4, 0.5) is 4.79 Å². The summed E-state index contributed by atoms with van der Waals surface area (Å²) in [5.41, 5.74) is 2.07. The van der Waals surface area contributed by atoms with Gasteiger partial charge < -0.3 is 24.4 Å². The second-order valence-electron chi connectivity index (χ2n) is 7.04. The van der Waals surface area contributed by atoms with E-state index in [2.05, 4.69) is 25.0 Å². The van der Waals surface area contributed by atoms with Gasteiger partial charge in [-0.15, -0.1) is 0 Å². The number of carbonyl (C=O) groups is 2. The van der Waals surface area contributed by atoms with Crippen molar-refractivity contribution in [2.75, 3.05) is 20.1 Å². The van der Waals surface area contributed by atoms with Gasteiger partial charge in [-0.1, -0.05) is 31.1 Å². The minimum absolute atomic E-state index is 0.124. The van der Waals surface area contributed by atoms with E-state index in [1.54, 1.807) is 11.9 Å². The van der Waals surface area contributed by atoms with Crippen molar-refractivity contribution in [1.82, 2.24) is 29.9 Å². The molecular formula is C20H28N6O4. The Balaban J connectivity index is 0.00000101. The highest BCUT2D eigenvalue weighted by Crippen LogP contribution is 2.14. The molecule has 2 amide bonds. The zero-order chi connectivity index (χ0) is 22.1. The van der Waals surface area contributed by atoms with Gasteiger partial charge in [0.2, 0.25) is 5.89 Å². The highest BCUT2D eigenvalue weighted by atomic mass is 16.5. The van der Waals surface area contributed by atoms with Crippen LogP contribution in [0.25, 0.3) is 11.0 Å². The number of para-hydroxylation sites is 2. The van der Waals surface area contributed by atoms with Crippen LogP contribution in [-0.4, -0.2) is 62.3 Å². The van der Waals surface area contributed by atoms with Crippen molar-refractivity contribution in [1.29, 1.82) is 0 Å². The number of benzene rings is 1. The number of aryl methyl sites for hydroxylation is 1. The quantitative estimate of drug-likeness (QED) is 0.565. The van der Waals surface area contributed by atoms with E-state index < -0.39 is 0 Å². The zero-order valence-corrected chi connectivity index (χ0v) is 17.7. The first-order valence-corrected chi connectivity index (χ1v) is 9.67. The van der Waals surface area contributed by atoms with Crippen molar-refractivity contribution >= 4 is 23.5 Å². The van der Waals surface area contributed by atoms with Gasteiger partial charge in [0, 0.05) is 45.9 Å². The Labute approximate surface area is 174 Å². The van der Waals surface area contributed by atoms with Gasteiger partial charge in [-0.05, 0) is 12.1 Å². The first-order chi connectivity index (χ1) is 14.4. The minimum Gasteiger partial charge on any atom is -0.483 e. The predicted octanol–water partition coefficient (Wildman–Crippen LogP) is 2.21. The molecule has 2 heterocycles. The molecule has 10 heteroatoms. The van der Waals surface area contributed by atoms with Gasteiger partial charge in [-0.3, -0.25) is 4.79 Å². The third-order valence-corrected chi connectivity index (χ3v) is 4.50. The van der Waals surface area contributed by atoms with E-state index >= 15 is 0 Å². The highest BCUT2D eigenvalue weighted by Gasteiger charge is 2.13. The fourth-order valence-electron chi connectivity index (χ4n) is 2.81. The molecule has 1 aromatic carbocycles. The summed E-state index contributed by atoms with van der Waals surface area (Å²) in [5.74, 6) is 2.40. The Morgan fingerprint density at radius 3 is 2.63 bits per heavy atom. The summed E-state index contributed by atoms with van der Waals surface area (Å²) >= 11 is 0. The Morgan fingerprint density at radius 2 is 2.00 bits per heavy atom. The molecule has 0 radical (unpaired) electrons. The fraction of sp³-hybridized carbons (Fsp3) is 0.450. The third-order valence-electron chi connectivity index (χ3n) is 4.50. The second kappa shape index (κ2) is 10.9. The van der Waals surface area contributed by atoms with E-state index in [-0.39, 0.29) is 18.4 Å². The van der Waals surface area contributed by atoms with Crippen LogP contribution >= 0.6 is 0 Å².